The Bertz CT molecular complexity index is 1170. The van der Waals surface area contributed by atoms with Crippen LogP contribution in [0.5, 0.6) is 0 Å². The molecule has 0 bridgehead atoms. The maximum atomic E-state index is 14.5. The number of carbonyl (C=O) groups excluding carboxylic acids is 2. The lowest BCUT2D eigenvalue weighted by Gasteiger charge is -2.34. The van der Waals surface area contributed by atoms with Gasteiger partial charge in [0.25, 0.3) is 0 Å². The summed E-state index contributed by atoms with van der Waals surface area (Å²) in [4.78, 5) is 28.5. The summed E-state index contributed by atoms with van der Waals surface area (Å²) in [7, 11) is -3.98. The smallest absolute Gasteiger partial charge is 0.244 e. The van der Waals surface area contributed by atoms with E-state index in [0.29, 0.717) is 6.42 Å². The normalized spacial score (nSPS) is 15.2. The monoisotopic (exact) mass is 517 g/mol. The summed E-state index contributed by atoms with van der Waals surface area (Å²) in [5, 5.41) is 3.10. The summed E-state index contributed by atoms with van der Waals surface area (Å²) in [5.74, 6) is -1.57. The number of para-hydroxylation sites is 1. The third-order valence-corrected chi connectivity index (χ3v) is 7.70. The van der Waals surface area contributed by atoms with Crippen molar-refractivity contribution < 1.29 is 22.4 Å². The van der Waals surface area contributed by atoms with Crippen LogP contribution in [0.1, 0.15) is 56.6 Å². The molecule has 1 atom stereocenters. The first kappa shape index (κ1) is 27.6. The molecule has 1 fully saturated rings. The molecule has 2 aromatic carbocycles. The Labute approximate surface area is 213 Å². The van der Waals surface area contributed by atoms with E-state index in [1.807, 2.05) is 38.1 Å². The molecular formula is C27H36FN3O4S. The Balaban J connectivity index is 1.92. The second-order valence-corrected chi connectivity index (χ2v) is 11.4. The van der Waals surface area contributed by atoms with Gasteiger partial charge in [0.05, 0.1) is 11.9 Å². The lowest BCUT2D eigenvalue weighted by molar-refractivity contribution is -0.140. The molecule has 3 rings (SSSR count). The van der Waals surface area contributed by atoms with Crippen molar-refractivity contribution in [2.45, 2.75) is 71.0 Å². The number of rotatable bonds is 10. The molecule has 1 aliphatic carbocycles. The average molecular weight is 518 g/mol. The number of amides is 2. The zero-order chi connectivity index (χ0) is 26.3. The summed E-state index contributed by atoms with van der Waals surface area (Å²) >= 11 is 0. The Morgan fingerprint density at radius 3 is 2.39 bits per heavy atom. The minimum Gasteiger partial charge on any atom is -0.352 e. The zero-order valence-corrected chi connectivity index (χ0v) is 22.1. The van der Waals surface area contributed by atoms with Gasteiger partial charge in [-0.15, -0.1) is 0 Å². The SMILES string of the molecule is CCC(C(=O)NC1CCCCC1)N(Cc1cccc(C)c1)C(=O)CN(c1ccccc1F)S(C)(=O)=O. The molecule has 0 saturated heterocycles. The second-order valence-electron chi connectivity index (χ2n) is 9.50. The summed E-state index contributed by atoms with van der Waals surface area (Å²) in [5.41, 5.74) is 1.62. The minimum absolute atomic E-state index is 0.0714. The predicted octanol–water partition coefficient (Wildman–Crippen LogP) is 4.16. The number of hydrogen-bond acceptors (Lipinski definition) is 4. The highest BCUT2D eigenvalue weighted by Gasteiger charge is 2.33. The standard InChI is InChI=1S/C27H36FN3O4S/c1-4-24(27(33)29-22-13-6-5-7-14-22)30(18-21-12-10-11-20(2)17-21)26(32)19-31(36(3,34)35)25-16-9-8-15-23(25)28/h8-12,15-17,22,24H,4-7,13-14,18-19H2,1-3H3,(H,29,33). The van der Waals surface area contributed by atoms with Crippen molar-refractivity contribution in [3.63, 3.8) is 0 Å². The molecule has 196 valence electrons. The van der Waals surface area contributed by atoms with Crippen LogP contribution in [0.2, 0.25) is 0 Å². The van der Waals surface area contributed by atoms with Gasteiger partial charge in [0.2, 0.25) is 21.8 Å². The lowest BCUT2D eigenvalue weighted by atomic mass is 9.95. The number of sulfonamides is 1. The molecule has 2 amide bonds. The third kappa shape index (κ3) is 7.29. The van der Waals surface area contributed by atoms with Crippen LogP contribution in [0, 0.1) is 12.7 Å². The fourth-order valence-electron chi connectivity index (χ4n) is 4.72. The van der Waals surface area contributed by atoms with Gasteiger partial charge in [-0.1, -0.05) is 68.1 Å². The number of halogens is 1. The van der Waals surface area contributed by atoms with Gasteiger partial charge in [0.1, 0.15) is 18.4 Å². The van der Waals surface area contributed by atoms with E-state index < -0.39 is 34.3 Å². The van der Waals surface area contributed by atoms with E-state index in [9.17, 15) is 22.4 Å². The molecule has 36 heavy (non-hydrogen) atoms. The van der Waals surface area contributed by atoms with Crippen LogP contribution in [0.15, 0.2) is 48.5 Å². The summed E-state index contributed by atoms with van der Waals surface area (Å²) < 4.78 is 40.5. The molecule has 1 saturated carbocycles. The fraction of sp³-hybridized carbons (Fsp3) is 0.481. The Kier molecular flexibility index (Phi) is 9.48. The number of carbonyl (C=O) groups is 2. The van der Waals surface area contributed by atoms with E-state index in [0.717, 1.165) is 59.9 Å². The van der Waals surface area contributed by atoms with Crippen molar-refractivity contribution in [3.8, 4) is 0 Å². The van der Waals surface area contributed by atoms with Crippen LogP contribution in [-0.4, -0.2) is 50.0 Å². The van der Waals surface area contributed by atoms with Gasteiger partial charge >= 0.3 is 0 Å². The highest BCUT2D eigenvalue weighted by atomic mass is 32.2. The van der Waals surface area contributed by atoms with Gasteiger partial charge in [-0.3, -0.25) is 13.9 Å². The maximum absolute atomic E-state index is 14.5. The van der Waals surface area contributed by atoms with Crippen molar-refractivity contribution in [1.82, 2.24) is 10.2 Å². The molecule has 0 spiro atoms. The maximum Gasteiger partial charge on any atom is 0.244 e. The van der Waals surface area contributed by atoms with E-state index in [1.165, 1.54) is 23.1 Å². The highest BCUT2D eigenvalue weighted by Crippen LogP contribution is 2.23. The van der Waals surface area contributed by atoms with Gasteiger partial charge in [-0.25, -0.2) is 12.8 Å². The molecule has 1 N–H and O–H groups in total. The quantitative estimate of drug-likeness (QED) is 0.513. The second kappa shape index (κ2) is 12.3. The first-order chi connectivity index (χ1) is 17.1. The number of benzene rings is 2. The van der Waals surface area contributed by atoms with Gasteiger partial charge < -0.3 is 10.2 Å². The van der Waals surface area contributed by atoms with Crippen molar-refractivity contribution in [3.05, 3.63) is 65.5 Å². The van der Waals surface area contributed by atoms with Gasteiger partial charge in [0.15, 0.2) is 0 Å². The summed E-state index contributed by atoms with van der Waals surface area (Å²) in [6.07, 6.45) is 6.36. The Morgan fingerprint density at radius 2 is 1.78 bits per heavy atom. The molecule has 0 aromatic heterocycles. The molecule has 1 aliphatic rings. The zero-order valence-electron chi connectivity index (χ0n) is 21.2. The van der Waals surface area contributed by atoms with Crippen LogP contribution in [-0.2, 0) is 26.2 Å². The van der Waals surface area contributed by atoms with Gasteiger partial charge in [-0.05, 0) is 43.9 Å². The molecule has 2 aromatic rings. The van der Waals surface area contributed by atoms with E-state index in [4.69, 9.17) is 0 Å². The first-order valence-corrected chi connectivity index (χ1v) is 14.3. The largest absolute Gasteiger partial charge is 0.352 e. The summed E-state index contributed by atoms with van der Waals surface area (Å²) in [6, 6.07) is 12.3. The molecule has 7 nitrogen and oxygen atoms in total. The van der Waals surface area contributed by atoms with E-state index >= 15 is 0 Å². The topological polar surface area (TPSA) is 86.8 Å². The molecule has 0 heterocycles. The number of hydrogen-bond donors (Lipinski definition) is 1. The number of aryl methyl sites for hydroxylation is 1. The van der Waals surface area contributed by atoms with Crippen LogP contribution < -0.4 is 9.62 Å². The molecular weight excluding hydrogens is 481 g/mol. The molecule has 1 unspecified atom stereocenters. The van der Waals surface area contributed by atoms with Gasteiger partial charge in [0, 0.05) is 12.6 Å². The van der Waals surface area contributed by atoms with Crippen molar-refractivity contribution in [1.29, 1.82) is 0 Å². The first-order valence-electron chi connectivity index (χ1n) is 12.5. The van der Waals surface area contributed by atoms with E-state index in [2.05, 4.69) is 5.32 Å². The van der Waals surface area contributed by atoms with Crippen LogP contribution in [0.25, 0.3) is 0 Å². The third-order valence-electron chi connectivity index (χ3n) is 6.57. The molecule has 0 aliphatic heterocycles. The van der Waals surface area contributed by atoms with E-state index in [-0.39, 0.29) is 24.2 Å². The van der Waals surface area contributed by atoms with Crippen molar-refractivity contribution >= 4 is 27.5 Å². The average Bonchev–Trinajstić information content (AvgIpc) is 2.83. The number of anilines is 1. The number of nitrogens with one attached hydrogen (secondary N) is 1. The Morgan fingerprint density at radius 1 is 1.08 bits per heavy atom. The molecule has 9 heteroatoms. The minimum atomic E-state index is -3.98. The Hall–Kier alpha value is -2.94. The van der Waals surface area contributed by atoms with Crippen LogP contribution >= 0.6 is 0 Å². The van der Waals surface area contributed by atoms with Crippen LogP contribution in [0.3, 0.4) is 0 Å². The van der Waals surface area contributed by atoms with E-state index in [1.54, 1.807) is 0 Å². The van der Waals surface area contributed by atoms with Crippen molar-refractivity contribution in [2.75, 3.05) is 17.1 Å². The molecule has 0 radical (unpaired) electrons. The predicted molar refractivity (Wildman–Crippen MR) is 139 cm³/mol. The highest BCUT2D eigenvalue weighted by molar-refractivity contribution is 7.92. The summed E-state index contributed by atoms with van der Waals surface area (Å²) in [6.45, 7) is 3.28. The van der Waals surface area contributed by atoms with Crippen molar-refractivity contribution in [2.24, 2.45) is 0 Å². The number of nitrogens with zero attached hydrogens (tertiary/aromatic N) is 2. The van der Waals surface area contributed by atoms with Crippen LogP contribution in [0.4, 0.5) is 10.1 Å². The lowest BCUT2D eigenvalue weighted by Crippen LogP contribution is -2.54. The fourth-order valence-corrected chi connectivity index (χ4v) is 5.57. The van der Waals surface area contributed by atoms with Gasteiger partial charge in [-0.2, -0.15) is 0 Å².